The smallest absolute Gasteiger partial charge is 0.407 e. The summed E-state index contributed by atoms with van der Waals surface area (Å²) in [6.07, 6.45) is -6.10. The molecule has 2 aliphatic carbocycles. The molecule has 28 nitrogen and oxygen atoms in total. The molecule has 2 fully saturated rings. The number of ketones is 3. The van der Waals surface area contributed by atoms with Crippen LogP contribution in [0.25, 0.3) is 0 Å². The van der Waals surface area contributed by atoms with E-state index >= 15 is 0 Å². The maximum Gasteiger partial charge on any atom is 0.407 e. The van der Waals surface area contributed by atoms with Crippen LogP contribution in [-0.4, -0.2) is 187 Å². The first-order chi connectivity index (χ1) is 41.7. The van der Waals surface area contributed by atoms with Crippen LogP contribution in [0.5, 0.6) is 17.2 Å². The minimum atomic E-state index is -2.19. The zero-order valence-corrected chi connectivity index (χ0v) is 50.2. The van der Waals surface area contributed by atoms with Gasteiger partial charge in [-0.1, -0.05) is 44.7 Å². The molecule has 0 saturated carbocycles. The Labute approximate surface area is 510 Å². The van der Waals surface area contributed by atoms with Crippen LogP contribution in [0, 0.1) is 5.92 Å². The summed E-state index contributed by atoms with van der Waals surface area (Å²) in [5.41, 5.74) is 2.05. The number of phenolic OH excluding ortho intramolecular Hbond substituents is 2. The van der Waals surface area contributed by atoms with Crippen LogP contribution in [0.2, 0.25) is 0 Å². The lowest BCUT2D eigenvalue weighted by Crippen LogP contribution is -2.58. The fourth-order valence-electron chi connectivity index (χ4n) is 10.7. The lowest BCUT2D eigenvalue weighted by Gasteiger charge is -2.42. The third-order valence-electron chi connectivity index (χ3n) is 15.5. The third-order valence-corrected chi connectivity index (χ3v) is 16.5. The van der Waals surface area contributed by atoms with Crippen molar-refractivity contribution in [3.05, 3.63) is 94.1 Å². The number of nitrogens with zero attached hydrogens (tertiary/aromatic N) is 3. The zero-order valence-electron chi connectivity index (χ0n) is 49.4. The highest BCUT2D eigenvalue weighted by molar-refractivity contribution is 7.99. The molecule has 2 heterocycles. The van der Waals surface area contributed by atoms with E-state index in [2.05, 4.69) is 33.2 Å². The number of ether oxygens (including phenoxy) is 4. The number of carbonyl (C=O) groups is 11. The molecule has 474 valence electrons. The Morgan fingerprint density at radius 2 is 1.59 bits per heavy atom. The molecule has 3 aromatic rings. The van der Waals surface area contributed by atoms with Crippen LogP contribution in [-0.2, 0) is 60.8 Å². The molecule has 2 saturated heterocycles. The number of fused-ring (bicyclic) bond motifs is 3. The molecule has 0 aromatic heterocycles. The molecule has 4 aliphatic rings. The minimum Gasteiger partial charge on any atom is -0.507 e. The van der Waals surface area contributed by atoms with Crippen molar-refractivity contribution in [2.24, 2.45) is 11.7 Å². The topological polar surface area (TPSA) is 402 Å². The number of carbonyl (C=O) groups excluding carboxylic acids is 11. The van der Waals surface area contributed by atoms with Gasteiger partial charge < -0.3 is 86.4 Å². The van der Waals surface area contributed by atoms with Gasteiger partial charge in [0.1, 0.15) is 47.6 Å². The zero-order chi connectivity index (χ0) is 64.5. The highest BCUT2D eigenvalue weighted by Crippen LogP contribution is 2.52. The first-order valence-electron chi connectivity index (χ1n) is 28.2. The van der Waals surface area contributed by atoms with Gasteiger partial charge in [-0.25, -0.2) is 9.59 Å². The van der Waals surface area contributed by atoms with Gasteiger partial charge in [-0.05, 0) is 62.4 Å². The van der Waals surface area contributed by atoms with E-state index < -0.39 is 143 Å². The summed E-state index contributed by atoms with van der Waals surface area (Å²) in [4.78, 5) is 148. The van der Waals surface area contributed by atoms with Gasteiger partial charge in [0.25, 0.3) is 0 Å². The fraction of sp³-hybridized carbons (Fsp3) is 0.475. The van der Waals surface area contributed by atoms with E-state index in [0.717, 1.165) is 24.8 Å². The van der Waals surface area contributed by atoms with Crippen LogP contribution in [0.4, 0.5) is 15.3 Å². The number of nitrogens with two attached hydrogens (primary N) is 1. The van der Waals surface area contributed by atoms with Crippen LogP contribution in [0.3, 0.4) is 0 Å². The first-order valence-corrected chi connectivity index (χ1v) is 29.4. The summed E-state index contributed by atoms with van der Waals surface area (Å²) in [6, 6.07) is 6.24. The minimum absolute atomic E-state index is 0.00917. The largest absolute Gasteiger partial charge is 0.507 e. The number of rotatable bonds is 23. The highest BCUT2D eigenvalue weighted by atomic mass is 32.2. The lowest BCUT2D eigenvalue weighted by atomic mass is 9.72. The van der Waals surface area contributed by atoms with Crippen molar-refractivity contribution in [2.75, 3.05) is 50.5 Å². The number of amides is 9. The van der Waals surface area contributed by atoms with Gasteiger partial charge >= 0.3 is 12.1 Å². The summed E-state index contributed by atoms with van der Waals surface area (Å²) in [6.45, 7) is 10.5. The van der Waals surface area contributed by atoms with Crippen molar-refractivity contribution in [1.82, 2.24) is 36.0 Å². The molecule has 7 rings (SSSR count). The molecule has 8 atom stereocenters. The van der Waals surface area contributed by atoms with E-state index in [9.17, 15) is 73.2 Å². The third kappa shape index (κ3) is 15.5. The van der Waals surface area contributed by atoms with Crippen LogP contribution < -0.4 is 37.1 Å². The molecule has 0 radical (unpaired) electrons. The number of hydrogen-bond donors (Lipinski definition) is 10. The number of nitrogens with one attached hydrogen (secondary N) is 5. The van der Waals surface area contributed by atoms with Crippen molar-refractivity contribution >= 4 is 82.4 Å². The molecule has 1 unspecified atom stereocenters. The van der Waals surface area contributed by atoms with Gasteiger partial charge in [-0.2, -0.15) is 11.8 Å². The van der Waals surface area contributed by atoms with Crippen LogP contribution >= 0.6 is 11.8 Å². The summed E-state index contributed by atoms with van der Waals surface area (Å²) in [7, 11) is 1.29. The number of methoxy groups -OCH3 is 1. The fourth-order valence-corrected chi connectivity index (χ4v) is 11.4. The summed E-state index contributed by atoms with van der Waals surface area (Å²) < 4.78 is 23.1. The first kappa shape index (κ1) is 66.9. The highest BCUT2D eigenvalue weighted by Gasteiger charge is 2.50. The molecule has 3 aromatic carbocycles. The van der Waals surface area contributed by atoms with E-state index in [1.54, 1.807) is 26.0 Å². The van der Waals surface area contributed by atoms with Crippen molar-refractivity contribution in [2.45, 2.75) is 128 Å². The van der Waals surface area contributed by atoms with E-state index in [1.807, 2.05) is 0 Å². The monoisotopic (exact) mass is 1240 g/mol. The Morgan fingerprint density at radius 3 is 2.24 bits per heavy atom. The average Bonchev–Trinajstić information content (AvgIpc) is 0.730. The number of aliphatic hydroxyl groups excluding tert-OH is 1. The van der Waals surface area contributed by atoms with E-state index in [1.165, 1.54) is 66.0 Å². The molecule has 29 heteroatoms. The maximum absolute atomic E-state index is 14.1. The average molecular weight is 1240 g/mol. The van der Waals surface area contributed by atoms with Gasteiger partial charge in [0.2, 0.25) is 41.2 Å². The Kier molecular flexibility index (Phi) is 22.0. The number of urea groups is 1. The lowest BCUT2D eigenvalue weighted by molar-refractivity contribution is -0.249. The number of anilines is 1. The van der Waals surface area contributed by atoms with Crippen LogP contribution in [0.1, 0.15) is 121 Å². The summed E-state index contributed by atoms with van der Waals surface area (Å²) in [5.74, 6) is -7.16. The molecular formula is C59H73N9O19S. The molecule has 9 amide bonds. The number of aromatic hydroxyl groups is 2. The van der Waals surface area contributed by atoms with Crippen molar-refractivity contribution < 1.29 is 92.1 Å². The molecule has 2 aliphatic heterocycles. The van der Waals surface area contributed by atoms with Crippen molar-refractivity contribution in [3.63, 3.8) is 0 Å². The normalized spacial score (nSPS) is 21.1. The van der Waals surface area contributed by atoms with Gasteiger partial charge in [0.15, 0.2) is 17.9 Å². The van der Waals surface area contributed by atoms with E-state index in [0.29, 0.717) is 5.56 Å². The molecule has 88 heavy (non-hydrogen) atoms. The number of aliphatic hydroxyl groups is 2. The quantitative estimate of drug-likeness (QED) is 0.0287. The second kappa shape index (κ2) is 28.9. The van der Waals surface area contributed by atoms with E-state index in [4.69, 9.17) is 24.7 Å². The van der Waals surface area contributed by atoms with Crippen molar-refractivity contribution in [1.29, 1.82) is 0 Å². The predicted octanol–water partition coefficient (Wildman–Crippen LogP) is 1.71. The Bertz CT molecular complexity index is 3250. The summed E-state index contributed by atoms with van der Waals surface area (Å²) in [5, 5.41) is 59.6. The predicted molar refractivity (Wildman–Crippen MR) is 313 cm³/mol. The molecular weight excluding hydrogens is 1170 g/mol. The number of alkyl carbamates (subject to hydrolysis) is 1. The number of thioether (sulfide) groups is 1. The Hall–Kier alpha value is -8.64. The Morgan fingerprint density at radius 1 is 0.909 bits per heavy atom. The van der Waals surface area contributed by atoms with Gasteiger partial charge in [-0.3, -0.25) is 43.2 Å². The standard InChI is InChI=1S/C59H73N9O19S/c1-8-42(72)67-26-66(32(6)70)27-68(28-67)43(73)18-20-88-25-41(71)65-49(29(2)3)56(80)63-37(12-10-19-61-57(60)81)55(79)62-34-16-14-33(15-17-34)24-85-58(82)64-38-21-44(86-30(4)50(38)74)87-40-23-59(83,31(5)69)22-36-46(40)54(78)48-47(52(36)76)51(75)35-11-9-13-39(84-7)45(35)53(48)77/h8-9,11,13-17,29-30,37-38,40,44,49-50,74,76,78,83H,1,10,12,18-28H2,2-7H3,(H,62,79)(H,63,80)(H,64,82)(H,65,71)(H3,60,61,81)/t30-,37-,38-,40?,44-,49-,50+,59-/m0/s1. The maximum atomic E-state index is 14.1. The molecule has 0 spiro atoms. The summed E-state index contributed by atoms with van der Waals surface area (Å²) >= 11 is 1.13. The van der Waals surface area contributed by atoms with Gasteiger partial charge in [-0.15, -0.1) is 0 Å². The number of hydrogen-bond acceptors (Lipinski definition) is 20. The van der Waals surface area contributed by atoms with Crippen LogP contribution in [0.15, 0.2) is 55.1 Å². The molecule has 0 bridgehead atoms. The van der Waals surface area contributed by atoms with Gasteiger partial charge in [0.05, 0.1) is 67.8 Å². The number of primary amides is 1. The molecule has 11 N–H and O–H groups in total. The number of benzene rings is 3. The Balaban J connectivity index is 0.935. The number of Topliss-reactive ketones (excluding diaryl/α,β-unsaturated/α-hetero) is 1. The SMILES string of the molecule is C=CC(=O)N1CN(C(C)=O)CN(C(=O)CCSCC(=O)N[C@H](C(=O)N[C@@H](CCCNC(N)=O)C(=O)Nc2ccc(COC(=O)N[C@H]3C[C@H](OC4C[C@](O)(C(C)=O)Cc5c(O)c6c(c(O)c54)C(=O)c4c(OC)cccc4C6=O)O[C@@H](C)[C@H]3O)cc2)C(C)C)C1. The number of phenols is 2. The van der Waals surface area contributed by atoms with Gasteiger partial charge in [0, 0.05) is 67.3 Å². The second-order valence-electron chi connectivity index (χ2n) is 22.1. The van der Waals surface area contributed by atoms with E-state index in [-0.39, 0.29) is 116 Å². The van der Waals surface area contributed by atoms with Crippen molar-refractivity contribution in [3.8, 4) is 17.2 Å². The second-order valence-corrected chi connectivity index (χ2v) is 23.2.